The molecule has 5 nitrogen and oxygen atoms in total. The van der Waals surface area contributed by atoms with Crippen LogP contribution in [0.1, 0.15) is 5.56 Å². The van der Waals surface area contributed by atoms with E-state index in [0.29, 0.717) is 16.4 Å². The maximum Gasteiger partial charge on any atom is 0.329 e. The van der Waals surface area contributed by atoms with E-state index in [1.54, 1.807) is 15.9 Å². The van der Waals surface area contributed by atoms with Crippen LogP contribution in [0.5, 0.6) is 0 Å². The number of fused-ring (bicyclic) bond motifs is 1. The third-order valence-electron chi connectivity index (χ3n) is 4.84. The van der Waals surface area contributed by atoms with Crippen LogP contribution in [0, 0.1) is 6.92 Å². The lowest BCUT2D eigenvalue weighted by atomic mass is 10.1. The molecule has 0 bridgehead atoms. The summed E-state index contributed by atoms with van der Waals surface area (Å²) in [7, 11) is -3.20. The highest BCUT2D eigenvalue weighted by Crippen LogP contribution is 2.38. The van der Waals surface area contributed by atoms with Crippen LogP contribution in [0.15, 0.2) is 48.5 Å². The standard InChI is InChI=1S/C18H17ClN2O3S/c1-12-7-8-14(9-15(12)19)21-17-11-25(23,24)10-16(17)20(18(21)22)13-5-3-2-4-6-13/h2-9,16-17H,10-11H2,1H3/t16-,17+/m1/s1. The van der Waals surface area contributed by atoms with Gasteiger partial charge >= 0.3 is 6.03 Å². The molecule has 2 aliphatic rings. The van der Waals surface area contributed by atoms with Crippen LogP contribution in [-0.4, -0.2) is 38.0 Å². The molecule has 0 spiro atoms. The van der Waals surface area contributed by atoms with Crippen molar-refractivity contribution in [1.82, 2.24) is 0 Å². The zero-order valence-corrected chi connectivity index (χ0v) is 15.2. The molecule has 2 atom stereocenters. The van der Waals surface area contributed by atoms with Crippen molar-refractivity contribution < 1.29 is 13.2 Å². The highest BCUT2D eigenvalue weighted by Gasteiger charge is 2.54. The fourth-order valence-electron chi connectivity index (χ4n) is 3.63. The first-order chi connectivity index (χ1) is 11.9. The molecule has 0 radical (unpaired) electrons. The number of hydrogen-bond acceptors (Lipinski definition) is 3. The number of anilines is 2. The smallest absolute Gasteiger partial charge is 0.288 e. The van der Waals surface area contributed by atoms with E-state index in [1.165, 1.54) is 0 Å². The molecule has 2 saturated heterocycles. The van der Waals surface area contributed by atoms with Crippen LogP contribution in [-0.2, 0) is 9.84 Å². The first kappa shape index (κ1) is 16.4. The Bertz CT molecular complexity index is 946. The van der Waals surface area contributed by atoms with Crippen molar-refractivity contribution in [2.45, 2.75) is 19.0 Å². The third-order valence-corrected chi connectivity index (χ3v) is 6.94. The summed E-state index contributed by atoms with van der Waals surface area (Å²) in [5.74, 6) is -0.0490. The molecule has 2 aliphatic heterocycles. The molecule has 7 heteroatoms. The quantitative estimate of drug-likeness (QED) is 0.756. The minimum atomic E-state index is -3.20. The van der Waals surface area contributed by atoms with Gasteiger partial charge in [-0.15, -0.1) is 0 Å². The van der Waals surface area contributed by atoms with Crippen LogP contribution in [0.25, 0.3) is 0 Å². The zero-order chi connectivity index (χ0) is 17.8. The average Bonchev–Trinajstić information content (AvgIpc) is 3.00. The van der Waals surface area contributed by atoms with Gasteiger partial charge in [0.05, 0.1) is 23.6 Å². The van der Waals surface area contributed by atoms with E-state index in [2.05, 4.69) is 0 Å². The first-order valence-corrected chi connectivity index (χ1v) is 10.2. The maximum atomic E-state index is 13.1. The molecule has 2 heterocycles. The summed E-state index contributed by atoms with van der Waals surface area (Å²) in [5.41, 5.74) is 2.25. The van der Waals surface area contributed by atoms with Gasteiger partial charge in [-0.3, -0.25) is 9.80 Å². The number of urea groups is 1. The number of sulfone groups is 1. The Hall–Kier alpha value is -2.05. The molecule has 0 saturated carbocycles. The summed E-state index contributed by atoms with van der Waals surface area (Å²) >= 11 is 6.22. The van der Waals surface area contributed by atoms with E-state index in [4.69, 9.17) is 11.6 Å². The minimum absolute atomic E-state index is 0.0194. The predicted octanol–water partition coefficient (Wildman–Crippen LogP) is 3.26. The second-order valence-electron chi connectivity index (χ2n) is 6.50. The van der Waals surface area contributed by atoms with Gasteiger partial charge in [-0.1, -0.05) is 35.9 Å². The molecule has 2 aromatic carbocycles. The van der Waals surface area contributed by atoms with Crippen LogP contribution < -0.4 is 9.80 Å². The summed E-state index contributed by atoms with van der Waals surface area (Å²) in [6.07, 6.45) is 0. The van der Waals surface area contributed by atoms with Gasteiger partial charge < -0.3 is 0 Å². The molecular formula is C18H17ClN2O3S. The van der Waals surface area contributed by atoms with Gasteiger partial charge in [0.25, 0.3) is 0 Å². The first-order valence-electron chi connectivity index (χ1n) is 8.01. The van der Waals surface area contributed by atoms with Gasteiger partial charge in [-0.2, -0.15) is 0 Å². The van der Waals surface area contributed by atoms with Gasteiger partial charge in [-0.25, -0.2) is 13.2 Å². The van der Waals surface area contributed by atoms with Crippen molar-refractivity contribution in [3.8, 4) is 0 Å². The fourth-order valence-corrected chi connectivity index (χ4v) is 5.72. The van der Waals surface area contributed by atoms with Crippen LogP contribution >= 0.6 is 11.6 Å². The Morgan fingerprint density at radius 3 is 2.16 bits per heavy atom. The molecular weight excluding hydrogens is 360 g/mol. The number of rotatable bonds is 2. The molecule has 4 rings (SSSR count). The third kappa shape index (κ3) is 2.69. The van der Waals surface area contributed by atoms with Gasteiger partial charge in [-0.05, 0) is 36.8 Å². The lowest BCUT2D eigenvalue weighted by Crippen LogP contribution is -2.37. The summed E-state index contributed by atoms with van der Waals surface area (Å²) < 4.78 is 24.5. The number of para-hydroxylation sites is 1. The minimum Gasteiger partial charge on any atom is -0.288 e. The number of halogens is 1. The zero-order valence-electron chi connectivity index (χ0n) is 13.6. The number of nitrogens with zero attached hydrogens (tertiary/aromatic N) is 2. The molecule has 130 valence electrons. The van der Waals surface area contributed by atoms with E-state index in [1.807, 2.05) is 49.4 Å². The normalized spacial score (nSPS) is 24.6. The van der Waals surface area contributed by atoms with E-state index >= 15 is 0 Å². The van der Waals surface area contributed by atoms with Crippen LogP contribution in [0.2, 0.25) is 5.02 Å². The highest BCUT2D eigenvalue weighted by atomic mass is 35.5. The van der Waals surface area contributed by atoms with E-state index in [0.717, 1.165) is 5.56 Å². The number of hydrogen-bond donors (Lipinski definition) is 0. The molecule has 0 aliphatic carbocycles. The Kier molecular flexibility index (Phi) is 3.77. The molecule has 0 N–H and O–H groups in total. The fraction of sp³-hybridized carbons (Fsp3) is 0.278. The average molecular weight is 377 g/mol. The molecule has 0 aromatic heterocycles. The summed E-state index contributed by atoms with van der Waals surface area (Å²) in [6.45, 7) is 1.89. The maximum absolute atomic E-state index is 13.1. The van der Waals surface area contributed by atoms with Crippen molar-refractivity contribution in [3.05, 3.63) is 59.1 Å². The molecule has 0 unspecified atom stereocenters. The van der Waals surface area contributed by atoms with Crippen molar-refractivity contribution >= 4 is 38.8 Å². The molecule has 2 amide bonds. The lowest BCUT2D eigenvalue weighted by Gasteiger charge is -2.23. The van der Waals surface area contributed by atoms with Gasteiger partial charge in [0.2, 0.25) is 0 Å². The number of carbonyl (C=O) groups excluding carboxylic acids is 1. The summed E-state index contributed by atoms with van der Waals surface area (Å²) in [6, 6.07) is 13.6. The van der Waals surface area contributed by atoms with Crippen LogP contribution in [0.3, 0.4) is 0 Å². The molecule has 25 heavy (non-hydrogen) atoms. The monoisotopic (exact) mass is 376 g/mol. The lowest BCUT2D eigenvalue weighted by molar-refractivity contribution is 0.255. The van der Waals surface area contributed by atoms with Gasteiger partial charge in [0.1, 0.15) is 0 Å². The van der Waals surface area contributed by atoms with E-state index in [-0.39, 0.29) is 23.6 Å². The Labute approximate surface area is 151 Å². The summed E-state index contributed by atoms with van der Waals surface area (Å²) in [4.78, 5) is 16.3. The largest absolute Gasteiger partial charge is 0.329 e. The summed E-state index contributed by atoms with van der Waals surface area (Å²) in [5, 5.41) is 0.556. The number of amides is 2. The van der Waals surface area contributed by atoms with Crippen molar-refractivity contribution in [3.63, 3.8) is 0 Å². The van der Waals surface area contributed by atoms with E-state index in [9.17, 15) is 13.2 Å². The van der Waals surface area contributed by atoms with Gasteiger partial charge in [0, 0.05) is 16.4 Å². The molecule has 2 aromatic rings. The van der Waals surface area contributed by atoms with Crippen LogP contribution in [0.4, 0.5) is 16.2 Å². The topological polar surface area (TPSA) is 57.7 Å². The second kappa shape index (κ2) is 5.75. The van der Waals surface area contributed by atoms with Gasteiger partial charge in [0.15, 0.2) is 9.84 Å². The SMILES string of the molecule is Cc1ccc(N2C(=O)N(c3ccccc3)[C@@H]3CS(=O)(=O)C[C@@H]32)cc1Cl. The van der Waals surface area contributed by atoms with E-state index < -0.39 is 15.9 Å². The molecule has 2 fully saturated rings. The number of aryl methyl sites for hydroxylation is 1. The second-order valence-corrected chi connectivity index (χ2v) is 9.06. The highest BCUT2D eigenvalue weighted by molar-refractivity contribution is 7.91. The Morgan fingerprint density at radius 2 is 1.56 bits per heavy atom. The number of carbonyl (C=O) groups is 1. The predicted molar refractivity (Wildman–Crippen MR) is 99.2 cm³/mol. The van der Waals surface area contributed by atoms with Crippen molar-refractivity contribution in [2.24, 2.45) is 0 Å². The van der Waals surface area contributed by atoms with Crippen molar-refractivity contribution in [2.75, 3.05) is 21.3 Å². The Balaban J connectivity index is 1.82. The number of benzene rings is 2. The Morgan fingerprint density at radius 1 is 0.960 bits per heavy atom. The van der Waals surface area contributed by atoms with Crippen molar-refractivity contribution in [1.29, 1.82) is 0 Å².